The normalized spacial score (nSPS) is 19.3. The summed E-state index contributed by atoms with van der Waals surface area (Å²) < 4.78 is 0. The molecule has 3 rings (SSSR count). The minimum absolute atomic E-state index is 0.242. The summed E-state index contributed by atoms with van der Waals surface area (Å²) in [6, 6.07) is 19.6. The van der Waals surface area contributed by atoms with Crippen molar-refractivity contribution in [1.82, 2.24) is 10.6 Å². The van der Waals surface area contributed by atoms with Crippen LogP contribution in [0.1, 0.15) is 24.0 Å². The molecule has 2 atom stereocenters. The third kappa shape index (κ3) is 5.33. The van der Waals surface area contributed by atoms with E-state index in [0.717, 1.165) is 19.4 Å². The highest BCUT2D eigenvalue weighted by Gasteiger charge is 2.21. The maximum Gasteiger partial charge on any atom is 0.319 e. The number of hydrogen-bond donors (Lipinski definition) is 3. The van der Waals surface area contributed by atoms with E-state index in [4.69, 9.17) is 5.26 Å². The molecular weight excluding hydrogens is 324 g/mol. The van der Waals surface area contributed by atoms with Gasteiger partial charge in [0.2, 0.25) is 0 Å². The summed E-state index contributed by atoms with van der Waals surface area (Å²) in [6.07, 6.45) is 3.32. The minimum Gasteiger partial charge on any atom is -0.336 e. The number of urea groups is 1. The molecule has 0 unspecified atom stereocenters. The number of anilines is 1. The summed E-state index contributed by atoms with van der Waals surface area (Å²) in [5.41, 5.74) is 2.54. The Kier molecular flexibility index (Phi) is 6.24. The molecule has 0 bridgehead atoms. The maximum atomic E-state index is 12.0. The Bertz CT molecular complexity index is 761. The van der Waals surface area contributed by atoms with Crippen molar-refractivity contribution in [3.63, 3.8) is 0 Å². The van der Waals surface area contributed by atoms with Gasteiger partial charge in [-0.15, -0.1) is 0 Å². The lowest BCUT2D eigenvalue weighted by molar-refractivity contribution is 0.247. The Morgan fingerprint density at radius 1 is 1.15 bits per heavy atom. The van der Waals surface area contributed by atoms with Gasteiger partial charge in [-0.2, -0.15) is 5.26 Å². The van der Waals surface area contributed by atoms with Crippen molar-refractivity contribution in [2.45, 2.75) is 25.3 Å². The molecule has 26 heavy (non-hydrogen) atoms. The highest BCUT2D eigenvalue weighted by molar-refractivity contribution is 5.89. The molecule has 1 aliphatic rings. The molecule has 2 amide bonds. The molecule has 0 aromatic heterocycles. The highest BCUT2D eigenvalue weighted by Crippen LogP contribution is 2.19. The predicted molar refractivity (Wildman–Crippen MR) is 103 cm³/mol. The van der Waals surface area contributed by atoms with Crippen molar-refractivity contribution in [3.05, 3.63) is 65.7 Å². The van der Waals surface area contributed by atoms with Crippen LogP contribution in [0.15, 0.2) is 54.6 Å². The van der Waals surface area contributed by atoms with Crippen molar-refractivity contribution in [2.75, 3.05) is 18.4 Å². The Labute approximate surface area is 154 Å². The van der Waals surface area contributed by atoms with Crippen LogP contribution in [0.4, 0.5) is 10.5 Å². The number of carbonyl (C=O) groups excluding carboxylic acids is 1. The largest absolute Gasteiger partial charge is 0.336 e. The molecule has 5 heteroatoms. The molecule has 0 saturated carbocycles. The van der Waals surface area contributed by atoms with Crippen LogP contribution in [0, 0.1) is 17.2 Å². The molecule has 5 nitrogen and oxygen atoms in total. The standard InChI is InChI=1S/C21H24N4O/c22-13-17-7-4-8-19(12-17)25-21(26)24-15-20-10-9-18(14-23-20)11-16-5-2-1-3-6-16/h1-8,12,18,20,23H,9-11,14-15H2,(H2,24,25,26)/t18-,20-/m1/s1. The molecule has 1 fully saturated rings. The minimum atomic E-state index is -0.242. The first-order valence-electron chi connectivity index (χ1n) is 9.05. The van der Waals surface area contributed by atoms with Gasteiger partial charge in [0, 0.05) is 18.3 Å². The van der Waals surface area contributed by atoms with E-state index in [0.29, 0.717) is 29.8 Å². The van der Waals surface area contributed by atoms with Crippen LogP contribution >= 0.6 is 0 Å². The number of nitriles is 1. The summed E-state index contributed by atoms with van der Waals surface area (Å²) >= 11 is 0. The summed E-state index contributed by atoms with van der Waals surface area (Å²) in [7, 11) is 0. The van der Waals surface area contributed by atoms with Crippen molar-refractivity contribution in [3.8, 4) is 6.07 Å². The van der Waals surface area contributed by atoms with E-state index >= 15 is 0 Å². The molecule has 2 aromatic carbocycles. The zero-order valence-corrected chi connectivity index (χ0v) is 14.7. The van der Waals surface area contributed by atoms with Crippen LogP contribution in [-0.4, -0.2) is 25.2 Å². The van der Waals surface area contributed by atoms with Crippen molar-refractivity contribution < 1.29 is 4.79 Å². The van der Waals surface area contributed by atoms with Gasteiger partial charge in [0.15, 0.2) is 0 Å². The SMILES string of the molecule is N#Cc1cccc(NC(=O)NC[C@H]2CC[C@H](Cc3ccccc3)CN2)c1. The maximum absolute atomic E-state index is 12.0. The average molecular weight is 348 g/mol. The van der Waals surface area contributed by atoms with Gasteiger partial charge in [0.05, 0.1) is 11.6 Å². The predicted octanol–water partition coefficient (Wildman–Crippen LogP) is 3.29. The summed E-state index contributed by atoms with van der Waals surface area (Å²) in [4.78, 5) is 12.0. The number of piperidine rings is 1. The molecule has 0 radical (unpaired) electrons. The van der Waals surface area contributed by atoms with Crippen LogP contribution in [0.3, 0.4) is 0 Å². The van der Waals surface area contributed by atoms with E-state index in [-0.39, 0.29) is 6.03 Å². The van der Waals surface area contributed by atoms with Gasteiger partial charge in [-0.3, -0.25) is 0 Å². The first kappa shape index (κ1) is 18.0. The number of benzene rings is 2. The second-order valence-electron chi connectivity index (χ2n) is 6.77. The third-order valence-electron chi connectivity index (χ3n) is 4.74. The van der Waals surface area contributed by atoms with Gasteiger partial charge in [-0.1, -0.05) is 36.4 Å². The fourth-order valence-corrected chi connectivity index (χ4v) is 3.33. The van der Waals surface area contributed by atoms with E-state index < -0.39 is 0 Å². The Morgan fingerprint density at radius 2 is 2.00 bits per heavy atom. The van der Waals surface area contributed by atoms with Gasteiger partial charge in [0.1, 0.15) is 0 Å². The molecule has 2 aromatic rings. The first-order chi connectivity index (χ1) is 12.7. The molecule has 1 heterocycles. The summed E-state index contributed by atoms with van der Waals surface area (Å²) in [6.45, 7) is 1.58. The van der Waals surface area contributed by atoms with E-state index in [9.17, 15) is 4.79 Å². The molecule has 1 saturated heterocycles. The van der Waals surface area contributed by atoms with E-state index in [1.165, 1.54) is 12.0 Å². The van der Waals surface area contributed by atoms with E-state index in [2.05, 4.69) is 46.3 Å². The zero-order chi connectivity index (χ0) is 18.2. The number of nitrogens with zero attached hydrogens (tertiary/aromatic N) is 1. The average Bonchev–Trinajstić information content (AvgIpc) is 2.68. The first-order valence-corrected chi connectivity index (χ1v) is 9.05. The van der Waals surface area contributed by atoms with Gasteiger partial charge < -0.3 is 16.0 Å². The van der Waals surface area contributed by atoms with Crippen molar-refractivity contribution >= 4 is 11.7 Å². The topological polar surface area (TPSA) is 77.0 Å². The number of hydrogen-bond acceptors (Lipinski definition) is 3. The number of carbonyl (C=O) groups is 1. The third-order valence-corrected chi connectivity index (χ3v) is 4.74. The van der Waals surface area contributed by atoms with Gasteiger partial charge in [-0.25, -0.2) is 4.79 Å². The number of nitrogens with one attached hydrogen (secondary N) is 3. The molecule has 0 spiro atoms. The Hall–Kier alpha value is -2.84. The summed E-state index contributed by atoms with van der Waals surface area (Å²) in [5.74, 6) is 0.649. The van der Waals surface area contributed by atoms with Crippen LogP contribution in [-0.2, 0) is 6.42 Å². The lowest BCUT2D eigenvalue weighted by atomic mass is 9.89. The fourth-order valence-electron chi connectivity index (χ4n) is 3.33. The van der Waals surface area contributed by atoms with E-state index in [1.54, 1.807) is 24.3 Å². The van der Waals surface area contributed by atoms with Crippen molar-refractivity contribution in [1.29, 1.82) is 5.26 Å². The Balaban J connectivity index is 1.38. The van der Waals surface area contributed by atoms with Gasteiger partial charge in [-0.05, 0) is 55.5 Å². The van der Waals surface area contributed by atoms with Crippen molar-refractivity contribution in [2.24, 2.45) is 5.92 Å². The second-order valence-corrected chi connectivity index (χ2v) is 6.77. The molecule has 134 valence electrons. The molecule has 0 aliphatic carbocycles. The second kappa shape index (κ2) is 9.02. The van der Waals surface area contributed by atoms with E-state index in [1.807, 2.05) is 6.07 Å². The van der Waals surface area contributed by atoms with Crippen LogP contribution < -0.4 is 16.0 Å². The van der Waals surface area contributed by atoms with Crippen LogP contribution in [0.5, 0.6) is 0 Å². The lowest BCUT2D eigenvalue weighted by Gasteiger charge is -2.30. The van der Waals surface area contributed by atoms with Crippen LogP contribution in [0.25, 0.3) is 0 Å². The molecule has 3 N–H and O–H groups in total. The fraction of sp³-hybridized carbons (Fsp3) is 0.333. The Morgan fingerprint density at radius 3 is 2.73 bits per heavy atom. The number of amides is 2. The molecular formula is C21H24N4O. The molecule has 1 aliphatic heterocycles. The monoisotopic (exact) mass is 348 g/mol. The lowest BCUT2D eigenvalue weighted by Crippen LogP contribution is -2.47. The van der Waals surface area contributed by atoms with Gasteiger partial charge in [0.25, 0.3) is 0 Å². The van der Waals surface area contributed by atoms with Gasteiger partial charge >= 0.3 is 6.03 Å². The van der Waals surface area contributed by atoms with Crippen LogP contribution in [0.2, 0.25) is 0 Å². The smallest absolute Gasteiger partial charge is 0.319 e. The summed E-state index contributed by atoms with van der Waals surface area (Å²) in [5, 5.41) is 18.1. The highest BCUT2D eigenvalue weighted by atomic mass is 16.2. The number of rotatable bonds is 5. The zero-order valence-electron chi connectivity index (χ0n) is 14.7. The quantitative estimate of drug-likeness (QED) is 0.776.